The predicted molar refractivity (Wildman–Crippen MR) is 211 cm³/mol. The molecule has 4 atom stereocenters. The summed E-state index contributed by atoms with van der Waals surface area (Å²) in [6.45, 7) is 11.4. The van der Waals surface area contributed by atoms with Crippen molar-refractivity contribution in [1.82, 2.24) is 19.6 Å². The van der Waals surface area contributed by atoms with E-state index in [1.807, 2.05) is 0 Å². The van der Waals surface area contributed by atoms with E-state index in [9.17, 15) is 9.59 Å². The minimum Gasteiger partial charge on any atom is -0.378 e. The zero-order chi connectivity index (χ0) is 37.3. The number of rotatable bonds is 10. The van der Waals surface area contributed by atoms with E-state index in [2.05, 4.69) is 33.4 Å². The van der Waals surface area contributed by atoms with E-state index >= 15 is 0 Å². The van der Waals surface area contributed by atoms with Gasteiger partial charge in [0, 0.05) is 63.6 Å². The van der Waals surface area contributed by atoms with Gasteiger partial charge in [-0.25, -0.2) is 0 Å². The third-order valence-corrected chi connectivity index (χ3v) is 14.7. The summed E-state index contributed by atoms with van der Waals surface area (Å²) in [7, 11) is 0. The van der Waals surface area contributed by atoms with Crippen molar-refractivity contribution < 1.29 is 28.5 Å². The number of likely N-dealkylation sites (tertiary alicyclic amines) is 2. The highest BCUT2D eigenvalue weighted by molar-refractivity contribution is 5.79. The molecule has 0 aromatic rings. The molecule has 8 rings (SSSR count). The van der Waals surface area contributed by atoms with Crippen LogP contribution in [0.3, 0.4) is 0 Å². The molecule has 0 aromatic carbocycles. The summed E-state index contributed by atoms with van der Waals surface area (Å²) in [5.74, 6) is 0.482. The van der Waals surface area contributed by atoms with Crippen LogP contribution in [0.15, 0.2) is 0 Å². The summed E-state index contributed by atoms with van der Waals surface area (Å²) in [6, 6.07) is 3.04. The maximum atomic E-state index is 12.6. The predicted octanol–water partition coefficient (Wildman–Crippen LogP) is 6.72. The summed E-state index contributed by atoms with van der Waals surface area (Å²) in [5, 5.41) is 0. The lowest BCUT2D eigenvalue weighted by molar-refractivity contribution is -0.167. The van der Waals surface area contributed by atoms with Crippen LogP contribution >= 0.6 is 0 Å². The fraction of sp³-hybridized carbons (Fsp3) is 0.955. The number of carbonyl (C=O) groups is 2. The molecule has 2 amide bonds. The highest BCUT2D eigenvalue weighted by Gasteiger charge is 2.44. The zero-order valence-electron chi connectivity index (χ0n) is 34.2. The molecular weight excluding hydrogens is 681 g/mol. The average molecular weight is 757 g/mol. The Morgan fingerprint density at radius 3 is 1.22 bits per heavy atom. The first kappa shape index (κ1) is 40.9. The molecule has 0 spiro atoms. The zero-order valence-corrected chi connectivity index (χ0v) is 34.2. The Labute approximate surface area is 327 Å². The molecule has 8 fully saturated rings. The van der Waals surface area contributed by atoms with Crippen molar-refractivity contribution >= 4 is 11.8 Å². The number of amides is 2. The molecule has 0 radical (unpaired) electrons. The van der Waals surface area contributed by atoms with Crippen molar-refractivity contribution in [2.24, 2.45) is 0 Å². The first-order valence-electron chi connectivity index (χ1n) is 23.1. The number of ether oxygens (including phenoxy) is 4. The van der Waals surface area contributed by atoms with Gasteiger partial charge in [-0.3, -0.25) is 9.59 Å². The van der Waals surface area contributed by atoms with Gasteiger partial charge in [-0.15, -0.1) is 0 Å². The summed E-state index contributed by atoms with van der Waals surface area (Å²) in [5.41, 5.74) is 0. The van der Waals surface area contributed by atoms with Gasteiger partial charge in [-0.05, 0) is 116 Å². The average Bonchev–Trinajstić information content (AvgIpc) is 3.23. The molecule has 4 saturated heterocycles. The molecular formula is C44H76N4O6. The maximum Gasteiger partial charge on any atom is 0.249 e. The standard InChI is InChI=1S/2C22H38N2O3/c2*1-2-15-26-19-9-7-17(8-10-19)23-13-11-18(12-14-23)24-20-5-3-4-6-21(20)27-16-22(24)25/h2*17-21H,2-16H2,1H3/t2*17?,19?,20-,21-/m00/s1. The third-order valence-electron chi connectivity index (χ3n) is 14.7. The van der Waals surface area contributed by atoms with E-state index in [0.717, 1.165) is 116 Å². The number of piperidine rings is 2. The SMILES string of the molecule is CCCOC1CCC(N2CCC(N3C(=O)CO[C@H]4CCCC[C@@H]43)CC2)CC1.CCCOC1CCC(N2CCC(N3C(=O)CO[C@H]4CCCC[C@@H]43)CC2)CC1. The number of morpholine rings is 2. The summed E-state index contributed by atoms with van der Waals surface area (Å²) < 4.78 is 23.6. The van der Waals surface area contributed by atoms with E-state index in [-0.39, 0.29) is 11.8 Å². The molecule has 0 bridgehead atoms. The van der Waals surface area contributed by atoms with E-state index in [1.54, 1.807) is 0 Å². The van der Waals surface area contributed by atoms with Crippen LogP contribution in [-0.4, -0.2) is 145 Å². The lowest BCUT2D eigenvalue weighted by Gasteiger charge is -2.50. The van der Waals surface area contributed by atoms with E-state index in [0.29, 0.717) is 61.8 Å². The molecule has 8 aliphatic rings. The second-order valence-corrected chi connectivity index (χ2v) is 18.1. The monoisotopic (exact) mass is 757 g/mol. The molecule has 54 heavy (non-hydrogen) atoms. The van der Waals surface area contributed by atoms with Gasteiger partial charge in [0.25, 0.3) is 0 Å². The number of fused-ring (bicyclic) bond motifs is 2. The van der Waals surface area contributed by atoms with Gasteiger partial charge in [0.1, 0.15) is 13.2 Å². The van der Waals surface area contributed by atoms with Crippen molar-refractivity contribution in [3.05, 3.63) is 0 Å². The van der Waals surface area contributed by atoms with Crippen LogP contribution in [0.1, 0.15) is 155 Å². The molecule has 0 unspecified atom stereocenters. The normalized spacial score (nSPS) is 36.6. The van der Waals surface area contributed by atoms with Crippen LogP contribution in [-0.2, 0) is 28.5 Å². The Morgan fingerprint density at radius 2 is 0.852 bits per heavy atom. The van der Waals surface area contributed by atoms with Crippen LogP contribution in [0.25, 0.3) is 0 Å². The lowest BCUT2D eigenvalue weighted by Crippen LogP contribution is -2.61. The summed E-state index contributed by atoms with van der Waals surface area (Å²) in [4.78, 5) is 35.2. The van der Waals surface area contributed by atoms with Crippen molar-refractivity contribution in [2.45, 2.75) is 216 Å². The Hall–Kier alpha value is -1.30. The molecule has 308 valence electrons. The Balaban J connectivity index is 0.000000167. The molecule has 0 N–H and O–H groups in total. The minimum atomic E-state index is 0.241. The smallest absolute Gasteiger partial charge is 0.249 e. The van der Waals surface area contributed by atoms with Crippen molar-refractivity contribution in [2.75, 3.05) is 52.6 Å². The summed E-state index contributed by atoms with van der Waals surface area (Å²) >= 11 is 0. The highest BCUT2D eigenvalue weighted by Crippen LogP contribution is 2.36. The van der Waals surface area contributed by atoms with Gasteiger partial charge in [0.2, 0.25) is 11.8 Å². The van der Waals surface area contributed by atoms with Crippen LogP contribution in [0.2, 0.25) is 0 Å². The van der Waals surface area contributed by atoms with Crippen LogP contribution in [0, 0.1) is 0 Å². The third kappa shape index (κ3) is 10.2. The Morgan fingerprint density at radius 1 is 0.481 bits per heavy atom. The first-order chi connectivity index (χ1) is 26.5. The molecule has 4 aliphatic carbocycles. The van der Waals surface area contributed by atoms with Gasteiger partial charge in [-0.1, -0.05) is 39.5 Å². The summed E-state index contributed by atoms with van der Waals surface area (Å²) in [6.07, 6.45) is 27.9. The number of carbonyl (C=O) groups excluding carboxylic acids is 2. The first-order valence-corrected chi connectivity index (χ1v) is 23.1. The highest BCUT2D eigenvalue weighted by atomic mass is 16.5. The molecule has 0 aromatic heterocycles. The van der Waals surface area contributed by atoms with Gasteiger partial charge in [0.05, 0.1) is 36.5 Å². The van der Waals surface area contributed by atoms with Gasteiger partial charge in [-0.2, -0.15) is 0 Å². The molecule has 4 saturated carbocycles. The minimum absolute atomic E-state index is 0.241. The maximum absolute atomic E-state index is 12.6. The molecule has 4 aliphatic heterocycles. The second-order valence-electron chi connectivity index (χ2n) is 18.1. The van der Waals surface area contributed by atoms with Crippen LogP contribution in [0.5, 0.6) is 0 Å². The number of nitrogens with zero attached hydrogens (tertiary/aromatic N) is 4. The van der Waals surface area contributed by atoms with E-state index in [1.165, 1.54) is 77.0 Å². The van der Waals surface area contributed by atoms with Crippen molar-refractivity contribution in [1.29, 1.82) is 0 Å². The number of hydrogen-bond donors (Lipinski definition) is 0. The van der Waals surface area contributed by atoms with Crippen LogP contribution in [0.4, 0.5) is 0 Å². The molecule has 10 nitrogen and oxygen atoms in total. The van der Waals surface area contributed by atoms with Crippen LogP contribution < -0.4 is 0 Å². The van der Waals surface area contributed by atoms with E-state index < -0.39 is 0 Å². The largest absolute Gasteiger partial charge is 0.378 e. The number of hydrogen-bond acceptors (Lipinski definition) is 8. The topological polar surface area (TPSA) is 84.0 Å². The quantitative estimate of drug-likeness (QED) is 0.243. The molecule has 4 heterocycles. The van der Waals surface area contributed by atoms with Crippen molar-refractivity contribution in [3.63, 3.8) is 0 Å². The van der Waals surface area contributed by atoms with Gasteiger partial charge >= 0.3 is 0 Å². The van der Waals surface area contributed by atoms with Crippen molar-refractivity contribution in [3.8, 4) is 0 Å². The molecule has 10 heteroatoms. The van der Waals surface area contributed by atoms with E-state index in [4.69, 9.17) is 18.9 Å². The lowest BCUT2D eigenvalue weighted by atomic mass is 9.86. The Bertz CT molecular complexity index is 1060. The fourth-order valence-corrected chi connectivity index (χ4v) is 11.8. The second kappa shape index (κ2) is 20.4. The Kier molecular flexibility index (Phi) is 15.4. The fourth-order valence-electron chi connectivity index (χ4n) is 11.8. The van der Waals surface area contributed by atoms with Gasteiger partial charge < -0.3 is 38.5 Å². The van der Waals surface area contributed by atoms with Gasteiger partial charge in [0.15, 0.2) is 0 Å².